The van der Waals surface area contributed by atoms with E-state index < -0.39 is 15.7 Å². The summed E-state index contributed by atoms with van der Waals surface area (Å²) in [5, 5.41) is 10.0. The maximum Gasteiger partial charge on any atom is 0.155 e. The predicted octanol–water partition coefficient (Wildman–Crippen LogP) is 6.43. The molecular weight excluding hydrogens is 486 g/mol. The highest BCUT2D eigenvalue weighted by Gasteiger charge is 2.23. The van der Waals surface area contributed by atoms with Gasteiger partial charge in [-0.3, -0.25) is 4.98 Å². The summed E-state index contributed by atoms with van der Waals surface area (Å²) in [5.74, 6) is 0.506. The van der Waals surface area contributed by atoms with Crippen molar-refractivity contribution in [3.05, 3.63) is 88.4 Å². The summed E-state index contributed by atoms with van der Waals surface area (Å²) < 4.78 is 23.9. The van der Waals surface area contributed by atoms with Gasteiger partial charge in [-0.25, -0.2) is 4.21 Å². The van der Waals surface area contributed by atoms with Crippen molar-refractivity contribution in [3.8, 4) is 17.2 Å². The minimum Gasteiger partial charge on any atom is -0.453 e. The molecule has 1 unspecified atom stereocenters. The fourth-order valence-electron chi connectivity index (χ4n) is 3.09. The first-order valence-corrected chi connectivity index (χ1v) is 11.8. The van der Waals surface area contributed by atoms with E-state index in [1.165, 1.54) is 0 Å². The minimum absolute atomic E-state index is 0.480. The molecule has 0 radical (unpaired) electrons. The van der Waals surface area contributed by atoms with Crippen molar-refractivity contribution in [1.29, 1.82) is 5.26 Å². The number of benzene rings is 2. The second-order valence-corrected chi connectivity index (χ2v) is 11.0. The van der Waals surface area contributed by atoms with Gasteiger partial charge in [0.1, 0.15) is 22.3 Å². The van der Waals surface area contributed by atoms with Crippen LogP contribution in [0.2, 0.25) is 0 Å². The Labute approximate surface area is 197 Å². The summed E-state index contributed by atoms with van der Waals surface area (Å²) in [6.45, 7) is 5.62. The standard InChI is InChI=1S/C25H20BrN3O2S/c1-25(2,3)32(30)29-23(17-8-6-16(14-27)7-9-17)22-13-20-11-19(12-21(26)24(20)31-22)18-5-4-10-28-15-18/h4-13,15H,1-3H3. The number of fused-ring (bicyclic) bond motifs is 1. The maximum atomic E-state index is 12.9. The molecule has 2 heterocycles. The lowest BCUT2D eigenvalue weighted by Gasteiger charge is -2.14. The summed E-state index contributed by atoms with van der Waals surface area (Å²) in [4.78, 5) is 4.20. The third-order valence-electron chi connectivity index (χ3n) is 4.78. The Hall–Kier alpha value is -3.08. The monoisotopic (exact) mass is 505 g/mol. The first-order valence-electron chi connectivity index (χ1n) is 9.91. The van der Waals surface area contributed by atoms with Crippen LogP contribution in [0.3, 0.4) is 0 Å². The zero-order chi connectivity index (χ0) is 22.9. The number of halogens is 1. The van der Waals surface area contributed by atoms with Crippen LogP contribution in [-0.2, 0) is 11.0 Å². The molecule has 0 spiro atoms. The third kappa shape index (κ3) is 4.57. The van der Waals surface area contributed by atoms with Crippen LogP contribution in [0.5, 0.6) is 0 Å². The molecule has 7 heteroatoms. The van der Waals surface area contributed by atoms with Gasteiger partial charge in [0.25, 0.3) is 0 Å². The molecule has 4 aromatic rings. The van der Waals surface area contributed by atoms with Gasteiger partial charge in [0.2, 0.25) is 0 Å². The van der Waals surface area contributed by atoms with Crippen molar-refractivity contribution in [1.82, 2.24) is 4.98 Å². The van der Waals surface area contributed by atoms with Crippen molar-refractivity contribution in [2.45, 2.75) is 25.5 Å². The third-order valence-corrected chi connectivity index (χ3v) is 6.77. The highest BCUT2D eigenvalue weighted by atomic mass is 79.9. The van der Waals surface area contributed by atoms with Crippen molar-refractivity contribution < 1.29 is 8.63 Å². The number of furan rings is 1. The van der Waals surface area contributed by atoms with Gasteiger partial charge in [-0.15, -0.1) is 0 Å². The van der Waals surface area contributed by atoms with Crippen LogP contribution in [0.4, 0.5) is 0 Å². The van der Waals surface area contributed by atoms with Crippen LogP contribution < -0.4 is 0 Å². The molecule has 2 aromatic carbocycles. The largest absolute Gasteiger partial charge is 0.453 e. The zero-order valence-electron chi connectivity index (χ0n) is 17.8. The molecule has 0 saturated heterocycles. The number of rotatable bonds is 4. The van der Waals surface area contributed by atoms with Gasteiger partial charge in [0, 0.05) is 28.9 Å². The Kier molecular flexibility index (Phi) is 6.09. The molecule has 0 aliphatic carbocycles. The van der Waals surface area contributed by atoms with E-state index in [1.54, 1.807) is 30.5 Å². The number of hydrogen-bond acceptors (Lipinski definition) is 4. The quantitative estimate of drug-likeness (QED) is 0.299. The van der Waals surface area contributed by atoms with Gasteiger partial charge in [-0.05, 0) is 78.7 Å². The fourth-order valence-corrected chi connectivity index (χ4v) is 4.28. The van der Waals surface area contributed by atoms with Crippen molar-refractivity contribution in [2.75, 3.05) is 0 Å². The summed E-state index contributed by atoms with van der Waals surface area (Å²) in [5.41, 5.74) is 4.42. The van der Waals surface area contributed by atoms with Crippen LogP contribution in [-0.4, -0.2) is 19.7 Å². The molecular formula is C25H20BrN3O2S. The van der Waals surface area contributed by atoms with Crippen LogP contribution >= 0.6 is 15.9 Å². The van der Waals surface area contributed by atoms with E-state index in [9.17, 15) is 4.21 Å². The Morgan fingerprint density at radius 2 is 1.88 bits per heavy atom. The number of pyridine rings is 1. The van der Waals surface area contributed by atoms with Crippen molar-refractivity contribution in [3.63, 3.8) is 0 Å². The molecule has 0 aliphatic heterocycles. The first kappa shape index (κ1) is 22.1. The van der Waals surface area contributed by atoms with Gasteiger partial charge < -0.3 is 4.42 Å². The SMILES string of the molecule is CC(C)(C)S(=O)N=C(c1ccc(C#N)cc1)c1cc2cc(-c3cccnc3)cc(Br)c2o1. The highest BCUT2D eigenvalue weighted by Crippen LogP contribution is 2.34. The lowest BCUT2D eigenvalue weighted by Crippen LogP contribution is -2.21. The fraction of sp³-hybridized carbons (Fsp3) is 0.160. The average Bonchev–Trinajstić information content (AvgIpc) is 3.22. The van der Waals surface area contributed by atoms with Crippen LogP contribution in [0.1, 0.15) is 37.7 Å². The van der Waals surface area contributed by atoms with Gasteiger partial charge >= 0.3 is 0 Å². The Balaban J connectivity index is 1.87. The lowest BCUT2D eigenvalue weighted by molar-refractivity contribution is 0.603. The molecule has 0 amide bonds. The van der Waals surface area contributed by atoms with E-state index in [0.717, 1.165) is 26.5 Å². The Bertz CT molecular complexity index is 1380. The highest BCUT2D eigenvalue weighted by molar-refractivity contribution is 9.10. The molecule has 1 atom stereocenters. The van der Waals surface area contributed by atoms with E-state index in [1.807, 2.05) is 57.3 Å². The second kappa shape index (κ2) is 8.81. The lowest BCUT2D eigenvalue weighted by atomic mass is 10.0. The minimum atomic E-state index is -1.49. The summed E-state index contributed by atoms with van der Waals surface area (Å²) in [6.07, 6.45) is 3.55. The number of nitriles is 1. The van der Waals surface area contributed by atoms with E-state index >= 15 is 0 Å². The van der Waals surface area contributed by atoms with Crippen LogP contribution in [0.25, 0.3) is 22.1 Å². The van der Waals surface area contributed by atoms with Gasteiger partial charge in [0.05, 0.1) is 20.9 Å². The smallest absolute Gasteiger partial charge is 0.155 e. The predicted molar refractivity (Wildman–Crippen MR) is 132 cm³/mol. The molecule has 0 N–H and O–H groups in total. The maximum absolute atomic E-state index is 12.9. The van der Waals surface area contributed by atoms with E-state index in [0.29, 0.717) is 22.6 Å². The number of aromatic nitrogens is 1. The first-order chi connectivity index (χ1) is 15.3. The van der Waals surface area contributed by atoms with Crippen molar-refractivity contribution >= 4 is 43.6 Å². The van der Waals surface area contributed by atoms with Crippen molar-refractivity contribution in [2.24, 2.45) is 4.40 Å². The number of hydrogen-bond donors (Lipinski definition) is 0. The molecule has 4 rings (SSSR count). The van der Waals surface area contributed by atoms with Crippen LogP contribution in [0, 0.1) is 11.3 Å². The Morgan fingerprint density at radius 1 is 1.12 bits per heavy atom. The molecule has 160 valence electrons. The zero-order valence-corrected chi connectivity index (χ0v) is 20.2. The van der Waals surface area contributed by atoms with Gasteiger partial charge in [-0.1, -0.05) is 18.2 Å². The second-order valence-electron chi connectivity index (χ2n) is 8.22. The van der Waals surface area contributed by atoms with E-state index in [-0.39, 0.29) is 0 Å². The molecule has 0 bridgehead atoms. The molecule has 0 fully saturated rings. The normalized spacial score (nSPS) is 13.2. The summed E-state index contributed by atoms with van der Waals surface area (Å²) >= 11 is 3.62. The average molecular weight is 506 g/mol. The molecule has 0 saturated carbocycles. The molecule has 5 nitrogen and oxygen atoms in total. The molecule has 0 aliphatic rings. The van der Waals surface area contributed by atoms with E-state index in [2.05, 4.69) is 31.4 Å². The summed E-state index contributed by atoms with van der Waals surface area (Å²) in [6, 6.07) is 18.9. The molecule has 2 aromatic heterocycles. The topological polar surface area (TPSA) is 79.2 Å². The van der Waals surface area contributed by atoms with Gasteiger partial charge in [0.15, 0.2) is 5.76 Å². The van der Waals surface area contributed by atoms with Crippen LogP contribution in [0.15, 0.2) is 80.3 Å². The number of nitrogens with zero attached hydrogens (tertiary/aromatic N) is 3. The molecule has 32 heavy (non-hydrogen) atoms. The van der Waals surface area contributed by atoms with Gasteiger partial charge in [-0.2, -0.15) is 9.66 Å². The summed E-state index contributed by atoms with van der Waals surface area (Å²) in [7, 11) is -1.49. The van der Waals surface area contributed by atoms with E-state index in [4.69, 9.17) is 9.68 Å². The Morgan fingerprint density at radius 3 is 2.50 bits per heavy atom.